The normalized spacial score (nSPS) is 17.7. The predicted octanol–water partition coefficient (Wildman–Crippen LogP) is 5.24. The first kappa shape index (κ1) is 26.2. The Morgan fingerprint density at radius 1 is 1.13 bits per heavy atom. The van der Waals surface area contributed by atoms with E-state index in [9.17, 15) is 4.79 Å². The lowest BCUT2D eigenvalue weighted by molar-refractivity contribution is 0.123. The van der Waals surface area contributed by atoms with Crippen LogP contribution in [-0.2, 0) is 6.54 Å². The summed E-state index contributed by atoms with van der Waals surface area (Å²) in [5, 5.41) is 13.7. The van der Waals surface area contributed by atoms with Crippen molar-refractivity contribution in [2.24, 2.45) is 0 Å². The Balaban J connectivity index is 1.30. The molecule has 9 heteroatoms. The van der Waals surface area contributed by atoms with Gasteiger partial charge in [-0.2, -0.15) is 5.10 Å². The Morgan fingerprint density at radius 3 is 2.56 bits per heavy atom. The second kappa shape index (κ2) is 11.6. The van der Waals surface area contributed by atoms with Gasteiger partial charge in [0.05, 0.1) is 25.2 Å². The van der Waals surface area contributed by atoms with E-state index in [0.717, 1.165) is 65.0 Å². The van der Waals surface area contributed by atoms with Gasteiger partial charge in [-0.3, -0.25) is 9.48 Å². The van der Waals surface area contributed by atoms with Gasteiger partial charge in [-0.15, -0.1) is 5.10 Å². The van der Waals surface area contributed by atoms with Crippen LogP contribution in [0.2, 0.25) is 0 Å². The molecule has 1 N–H and O–H groups in total. The lowest BCUT2D eigenvalue weighted by atomic mass is 9.93. The van der Waals surface area contributed by atoms with Crippen LogP contribution in [-0.4, -0.2) is 44.8 Å². The van der Waals surface area contributed by atoms with Gasteiger partial charge in [-0.1, -0.05) is 30.9 Å². The minimum absolute atomic E-state index is 0.0239. The molecular formula is C30H34N6O3. The molecule has 9 nitrogen and oxygen atoms in total. The molecular weight excluding hydrogens is 492 g/mol. The Morgan fingerprint density at radius 2 is 1.90 bits per heavy atom. The molecule has 3 aromatic heterocycles. The highest BCUT2D eigenvalue weighted by molar-refractivity contribution is 5.93. The molecule has 0 spiro atoms. The number of hydrogen-bond donors (Lipinski definition) is 1. The van der Waals surface area contributed by atoms with Gasteiger partial charge < -0.3 is 14.8 Å². The smallest absolute Gasteiger partial charge is 0.267 e. The third-order valence-electron chi connectivity index (χ3n) is 7.26. The molecule has 1 aliphatic carbocycles. The van der Waals surface area contributed by atoms with Crippen LogP contribution in [0.5, 0.6) is 11.6 Å². The molecule has 0 aliphatic heterocycles. The van der Waals surface area contributed by atoms with E-state index < -0.39 is 0 Å². The van der Waals surface area contributed by atoms with E-state index in [0.29, 0.717) is 12.4 Å². The van der Waals surface area contributed by atoms with Gasteiger partial charge in [-0.05, 0) is 55.9 Å². The van der Waals surface area contributed by atoms with Crippen molar-refractivity contribution in [1.82, 2.24) is 24.5 Å². The number of ether oxygens (including phenoxy) is 2. The van der Waals surface area contributed by atoms with Gasteiger partial charge in [0.15, 0.2) is 0 Å². The molecule has 1 aliphatic rings. The van der Waals surface area contributed by atoms with Crippen LogP contribution in [0.4, 0.5) is 5.82 Å². The molecule has 0 bridgehead atoms. The summed E-state index contributed by atoms with van der Waals surface area (Å²) in [4.78, 5) is 16.9. The zero-order chi connectivity index (χ0) is 27.4. The predicted molar refractivity (Wildman–Crippen MR) is 153 cm³/mol. The summed E-state index contributed by atoms with van der Waals surface area (Å²) in [6, 6.07) is 13.1. The Kier molecular flexibility index (Phi) is 7.76. The molecule has 0 amide bonds. The average Bonchev–Trinajstić information content (AvgIpc) is 3.35. The molecule has 4 aromatic rings. The standard InChI is InChI=1S/C30H34N6O3/c1-5-21(6-2)30-25-18-32-27(31-3)17-26(25)36(34-30)22-9-13-24(14-10-22)39-28-15-16-29(37)35(33-28)19-20-7-11-23(38-4)12-8-20/h5-8,11-12,15-18,22,24H,1,9-10,13-14,19H2,2-4H3,(H,31,32)/b21-6+/t22-,24+. The molecule has 3 heterocycles. The number of hydrogen-bond acceptors (Lipinski definition) is 7. The zero-order valence-corrected chi connectivity index (χ0v) is 22.6. The van der Waals surface area contributed by atoms with E-state index in [1.807, 2.05) is 56.6 Å². The summed E-state index contributed by atoms with van der Waals surface area (Å²) < 4.78 is 15.0. The number of benzene rings is 1. The maximum atomic E-state index is 12.4. The molecule has 39 heavy (non-hydrogen) atoms. The highest BCUT2D eigenvalue weighted by atomic mass is 16.5. The summed E-state index contributed by atoms with van der Waals surface area (Å²) in [6.45, 7) is 6.32. The summed E-state index contributed by atoms with van der Waals surface area (Å²) in [7, 11) is 3.50. The summed E-state index contributed by atoms with van der Waals surface area (Å²) >= 11 is 0. The fourth-order valence-corrected chi connectivity index (χ4v) is 5.10. The van der Waals surface area contributed by atoms with Crippen LogP contribution >= 0.6 is 0 Å². The third-order valence-corrected chi connectivity index (χ3v) is 7.26. The topological polar surface area (TPSA) is 96.1 Å². The number of fused-ring (bicyclic) bond motifs is 1. The maximum absolute atomic E-state index is 12.4. The van der Waals surface area contributed by atoms with Crippen LogP contribution in [0, 0.1) is 0 Å². The minimum atomic E-state index is -0.168. The number of aromatic nitrogens is 5. The first-order chi connectivity index (χ1) is 19.0. The minimum Gasteiger partial charge on any atom is -0.497 e. The van der Waals surface area contributed by atoms with Crippen molar-refractivity contribution < 1.29 is 9.47 Å². The first-order valence-electron chi connectivity index (χ1n) is 13.3. The Hall–Kier alpha value is -4.40. The van der Waals surface area contributed by atoms with Crippen LogP contribution in [0.25, 0.3) is 16.5 Å². The number of allylic oxidation sites excluding steroid dienone is 3. The molecule has 5 rings (SSSR count). The average molecular weight is 527 g/mol. The number of nitrogens with zero attached hydrogens (tertiary/aromatic N) is 5. The van der Waals surface area contributed by atoms with Gasteiger partial charge in [-0.25, -0.2) is 9.67 Å². The molecule has 0 unspecified atom stereocenters. The Labute approximate surface area is 227 Å². The number of pyridine rings is 1. The van der Waals surface area contributed by atoms with E-state index >= 15 is 0 Å². The zero-order valence-electron chi connectivity index (χ0n) is 22.6. The van der Waals surface area contributed by atoms with Crippen molar-refractivity contribution >= 4 is 22.3 Å². The second-order valence-electron chi connectivity index (χ2n) is 9.64. The fraction of sp³-hybridized carbons (Fsp3) is 0.333. The van der Waals surface area contributed by atoms with Crippen LogP contribution in [0.15, 0.2) is 72.2 Å². The van der Waals surface area contributed by atoms with E-state index in [1.54, 1.807) is 13.2 Å². The van der Waals surface area contributed by atoms with Crippen molar-refractivity contribution in [2.75, 3.05) is 19.5 Å². The summed E-state index contributed by atoms with van der Waals surface area (Å²) in [5.41, 5.74) is 3.74. The van der Waals surface area contributed by atoms with Crippen molar-refractivity contribution in [3.05, 3.63) is 89.0 Å². The fourth-order valence-electron chi connectivity index (χ4n) is 5.10. The molecule has 1 aromatic carbocycles. The molecule has 1 fully saturated rings. The number of rotatable bonds is 9. The van der Waals surface area contributed by atoms with Gasteiger partial charge in [0, 0.05) is 36.8 Å². The molecule has 1 saturated carbocycles. The van der Waals surface area contributed by atoms with Crippen molar-refractivity contribution in [3.8, 4) is 11.6 Å². The summed E-state index contributed by atoms with van der Waals surface area (Å²) in [6.07, 6.45) is 9.34. The molecule has 0 atom stereocenters. The lowest BCUT2D eigenvalue weighted by Gasteiger charge is -2.29. The number of methoxy groups -OCH3 is 1. The molecule has 0 saturated heterocycles. The quantitative estimate of drug-likeness (QED) is 0.298. The maximum Gasteiger partial charge on any atom is 0.267 e. The van der Waals surface area contributed by atoms with Gasteiger partial charge in [0.25, 0.3) is 5.56 Å². The monoisotopic (exact) mass is 526 g/mol. The van der Waals surface area contributed by atoms with Gasteiger partial charge in [0.1, 0.15) is 23.4 Å². The SMILES string of the molecule is C=C/C(=C\C)c1nn([C@H]2CC[C@@H](Oc3ccc(=O)n(Cc4ccc(OC)cc4)n3)CC2)c2cc(NC)ncc12. The van der Waals surface area contributed by atoms with E-state index in [2.05, 4.69) is 32.7 Å². The van der Waals surface area contributed by atoms with Crippen LogP contribution in [0.3, 0.4) is 0 Å². The highest BCUT2D eigenvalue weighted by Crippen LogP contribution is 2.35. The number of anilines is 1. The summed E-state index contributed by atoms with van der Waals surface area (Å²) in [5.74, 6) is 2.05. The van der Waals surface area contributed by atoms with Gasteiger partial charge in [0.2, 0.25) is 5.88 Å². The van der Waals surface area contributed by atoms with Crippen molar-refractivity contribution in [2.45, 2.75) is 51.3 Å². The highest BCUT2D eigenvalue weighted by Gasteiger charge is 2.27. The van der Waals surface area contributed by atoms with Crippen molar-refractivity contribution in [3.63, 3.8) is 0 Å². The van der Waals surface area contributed by atoms with E-state index in [-0.39, 0.29) is 17.7 Å². The first-order valence-corrected chi connectivity index (χ1v) is 13.3. The van der Waals surface area contributed by atoms with Gasteiger partial charge >= 0.3 is 0 Å². The largest absolute Gasteiger partial charge is 0.497 e. The van der Waals surface area contributed by atoms with E-state index in [1.165, 1.54) is 10.7 Å². The van der Waals surface area contributed by atoms with Crippen LogP contribution < -0.4 is 20.3 Å². The second-order valence-corrected chi connectivity index (χ2v) is 9.64. The van der Waals surface area contributed by atoms with Crippen molar-refractivity contribution in [1.29, 1.82) is 0 Å². The third kappa shape index (κ3) is 5.57. The lowest BCUT2D eigenvalue weighted by Crippen LogP contribution is -2.28. The molecule has 0 radical (unpaired) electrons. The number of nitrogens with one attached hydrogen (secondary N) is 1. The van der Waals surface area contributed by atoms with E-state index in [4.69, 9.17) is 14.6 Å². The van der Waals surface area contributed by atoms with Crippen LogP contribution in [0.1, 0.15) is 49.9 Å². The Bertz CT molecular complexity index is 1550. The molecule has 202 valence electrons.